The molecule has 2 aliphatic carbocycles. The molecule has 2 rings (SSSR count). The highest BCUT2D eigenvalue weighted by atomic mass is 16.2. The van der Waals surface area contributed by atoms with Gasteiger partial charge in [-0.05, 0) is 31.6 Å². The molecule has 0 heterocycles. The number of Topliss-reactive ketones (excluding diaryl/α,β-unsaturated/α-hetero) is 1. The van der Waals surface area contributed by atoms with E-state index in [4.69, 9.17) is 0 Å². The minimum absolute atomic E-state index is 0.183. The largest absolute Gasteiger partial charge is 0.343 e. The van der Waals surface area contributed by atoms with Crippen LogP contribution < -0.4 is 0 Å². The molecule has 3 heteroatoms. The molecular formula is C13H21NO2. The Morgan fingerprint density at radius 2 is 1.81 bits per heavy atom. The summed E-state index contributed by atoms with van der Waals surface area (Å²) in [7, 11) is 1.90. The van der Waals surface area contributed by atoms with E-state index in [9.17, 15) is 9.59 Å². The molecule has 0 aromatic carbocycles. The molecule has 0 spiro atoms. The van der Waals surface area contributed by atoms with Crippen LogP contribution >= 0.6 is 0 Å². The zero-order chi connectivity index (χ0) is 11.7. The maximum atomic E-state index is 12.1. The van der Waals surface area contributed by atoms with E-state index in [0.717, 1.165) is 12.8 Å². The maximum Gasteiger partial charge on any atom is 0.225 e. The van der Waals surface area contributed by atoms with Gasteiger partial charge in [0, 0.05) is 31.8 Å². The molecule has 3 nitrogen and oxygen atoms in total. The Hall–Kier alpha value is -0.860. The van der Waals surface area contributed by atoms with Crippen LogP contribution in [0.25, 0.3) is 0 Å². The zero-order valence-electron chi connectivity index (χ0n) is 10.2. The summed E-state index contributed by atoms with van der Waals surface area (Å²) in [6.07, 6.45) is 5.45. The molecule has 2 saturated carbocycles. The van der Waals surface area contributed by atoms with Gasteiger partial charge in [-0.15, -0.1) is 0 Å². The molecule has 0 N–H and O–H groups in total. The van der Waals surface area contributed by atoms with E-state index in [0.29, 0.717) is 30.6 Å². The SMILES string of the molecule is CC(C(=O)N(C)C1CCC(=O)CC1)C1CC1. The van der Waals surface area contributed by atoms with Gasteiger partial charge in [0.25, 0.3) is 0 Å². The van der Waals surface area contributed by atoms with Crippen molar-refractivity contribution in [2.45, 2.75) is 51.5 Å². The van der Waals surface area contributed by atoms with Crippen LogP contribution in [0.4, 0.5) is 0 Å². The molecule has 0 bridgehead atoms. The van der Waals surface area contributed by atoms with Crippen molar-refractivity contribution in [1.82, 2.24) is 4.90 Å². The number of carbonyl (C=O) groups is 2. The molecular weight excluding hydrogens is 202 g/mol. The summed E-state index contributed by atoms with van der Waals surface area (Å²) in [6, 6.07) is 0.298. The second kappa shape index (κ2) is 4.56. The van der Waals surface area contributed by atoms with E-state index in [1.807, 2.05) is 18.9 Å². The van der Waals surface area contributed by atoms with Crippen molar-refractivity contribution < 1.29 is 9.59 Å². The van der Waals surface area contributed by atoms with Crippen molar-refractivity contribution in [3.8, 4) is 0 Å². The van der Waals surface area contributed by atoms with Crippen LogP contribution in [0.5, 0.6) is 0 Å². The molecule has 0 radical (unpaired) electrons. The Balaban J connectivity index is 1.88. The van der Waals surface area contributed by atoms with Gasteiger partial charge in [-0.1, -0.05) is 6.92 Å². The predicted molar refractivity (Wildman–Crippen MR) is 61.9 cm³/mol. The normalized spacial score (nSPS) is 24.2. The summed E-state index contributed by atoms with van der Waals surface area (Å²) in [6.45, 7) is 2.05. The topological polar surface area (TPSA) is 37.4 Å². The summed E-state index contributed by atoms with van der Waals surface area (Å²) in [5.74, 6) is 1.44. The van der Waals surface area contributed by atoms with E-state index in [-0.39, 0.29) is 11.8 Å². The summed E-state index contributed by atoms with van der Waals surface area (Å²) < 4.78 is 0. The van der Waals surface area contributed by atoms with Crippen LogP contribution in [0.2, 0.25) is 0 Å². The molecule has 0 aliphatic heterocycles. The van der Waals surface area contributed by atoms with Gasteiger partial charge in [0.05, 0.1) is 0 Å². The number of nitrogens with zero attached hydrogens (tertiary/aromatic N) is 1. The number of carbonyl (C=O) groups excluding carboxylic acids is 2. The third-order valence-corrected chi connectivity index (χ3v) is 4.13. The molecule has 0 saturated heterocycles. The summed E-state index contributed by atoms with van der Waals surface area (Å²) in [5, 5.41) is 0. The monoisotopic (exact) mass is 223 g/mol. The van der Waals surface area contributed by atoms with E-state index < -0.39 is 0 Å². The average Bonchev–Trinajstić information content (AvgIpc) is 3.11. The van der Waals surface area contributed by atoms with Gasteiger partial charge in [0.2, 0.25) is 5.91 Å². The first-order valence-corrected chi connectivity index (χ1v) is 6.38. The average molecular weight is 223 g/mol. The van der Waals surface area contributed by atoms with Crippen molar-refractivity contribution in [2.24, 2.45) is 11.8 Å². The van der Waals surface area contributed by atoms with E-state index in [2.05, 4.69) is 0 Å². The van der Waals surface area contributed by atoms with E-state index in [1.165, 1.54) is 12.8 Å². The minimum atomic E-state index is 0.183. The maximum absolute atomic E-state index is 12.1. The number of ketones is 1. The van der Waals surface area contributed by atoms with Crippen molar-refractivity contribution in [3.63, 3.8) is 0 Å². The fraction of sp³-hybridized carbons (Fsp3) is 0.846. The molecule has 0 aromatic heterocycles. The molecule has 0 aromatic rings. The lowest BCUT2D eigenvalue weighted by Gasteiger charge is -2.32. The fourth-order valence-electron chi connectivity index (χ4n) is 2.61. The fourth-order valence-corrected chi connectivity index (χ4v) is 2.61. The number of hydrogen-bond donors (Lipinski definition) is 0. The number of amides is 1. The van der Waals surface area contributed by atoms with Gasteiger partial charge in [0.1, 0.15) is 5.78 Å². The van der Waals surface area contributed by atoms with Gasteiger partial charge in [-0.3, -0.25) is 9.59 Å². The Labute approximate surface area is 97.2 Å². The second-order valence-electron chi connectivity index (χ2n) is 5.35. The minimum Gasteiger partial charge on any atom is -0.343 e. The lowest BCUT2D eigenvalue weighted by Crippen LogP contribution is -2.42. The highest BCUT2D eigenvalue weighted by Gasteiger charge is 2.36. The smallest absolute Gasteiger partial charge is 0.225 e. The van der Waals surface area contributed by atoms with Crippen molar-refractivity contribution in [3.05, 3.63) is 0 Å². The first-order chi connectivity index (χ1) is 7.59. The highest BCUT2D eigenvalue weighted by molar-refractivity contribution is 5.81. The van der Waals surface area contributed by atoms with Gasteiger partial charge in [-0.25, -0.2) is 0 Å². The molecule has 2 aliphatic rings. The van der Waals surface area contributed by atoms with Crippen molar-refractivity contribution in [1.29, 1.82) is 0 Å². The number of rotatable bonds is 3. The Kier molecular flexibility index (Phi) is 3.31. The molecule has 1 amide bonds. The van der Waals surface area contributed by atoms with Crippen LogP contribution in [0, 0.1) is 11.8 Å². The summed E-state index contributed by atoms with van der Waals surface area (Å²) >= 11 is 0. The molecule has 1 unspecified atom stereocenters. The third-order valence-electron chi connectivity index (χ3n) is 4.13. The lowest BCUT2D eigenvalue weighted by molar-refractivity contribution is -0.138. The standard InChI is InChI=1S/C13H21NO2/c1-9(10-3-4-10)13(16)14(2)11-5-7-12(15)8-6-11/h9-11H,3-8H2,1-2H3. The van der Waals surface area contributed by atoms with E-state index in [1.54, 1.807) is 0 Å². The molecule has 90 valence electrons. The second-order valence-corrected chi connectivity index (χ2v) is 5.35. The quantitative estimate of drug-likeness (QED) is 0.734. The van der Waals surface area contributed by atoms with Gasteiger partial charge < -0.3 is 4.90 Å². The van der Waals surface area contributed by atoms with Gasteiger partial charge in [0.15, 0.2) is 0 Å². The zero-order valence-corrected chi connectivity index (χ0v) is 10.2. The van der Waals surface area contributed by atoms with Crippen LogP contribution in [-0.2, 0) is 9.59 Å². The van der Waals surface area contributed by atoms with Gasteiger partial charge >= 0.3 is 0 Å². The molecule has 16 heavy (non-hydrogen) atoms. The van der Waals surface area contributed by atoms with Crippen LogP contribution in [0.1, 0.15) is 45.4 Å². The highest BCUT2D eigenvalue weighted by Crippen LogP contribution is 2.37. The molecule has 2 fully saturated rings. The van der Waals surface area contributed by atoms with Crippen LogP contribution in [-0.4, -0.2) is 29.7 Å². The van der Waals surface area contributed by atoms with Crippen molar-refractivity contribution in [2.75, 3.05) is 7.05 Å². The van der Waals surface area contributed by atoms with Gasteiger partial charge in [-0.2, -0.15) is 0 Å². The molecule has 1 atom stereocenters. The summed E-state index contributed by atoms with van der Waals surface area (Å²) in [5.41, 5.74) is 0. The third kappa shape index (κ3) is 2.45. The summed E-state index contributed by atoms with van der Waals surface area (Å²) in [4.78, 5) is 25.2. The van der Waals surface area contributed by atoms with Crippen molar-refractivity contribution >= 4 is 11.7 Å². The Bertz CT molecular complexity index is 286. The Morgan fingerprint density at radius 3 is 2.31 bits per heavy atom. The first-order valence-electron chi connectivity index (χ1n) is 6.38. The van der Waals surface area contributed by atoms with Crippen LogP contribution in [0.3, 0.4) is 0 Å². The number of hydrogen-bond acceptors (Lipinski definition) is 2. The lowest BCUT2D eigenvalue weighted by atomic mass is 9.92. The van der Waals surface area contributed by atoms with Crippen LogP contribution in [0.15, 0.2) is 0 Å². The van der Waals surface area contributed by atoms with E-state index >= 15 is 0 Å². The Morgan fingerprint density at radius 1 is 1.25 bits per heavy atom. The first kappa shape index (κ1) is 11.6. The predicted octanol–water partition coefficient (Wildman–Crippen LogP) is 2.00.